The lowest BCUT2D eigenvalue weighted by atomic mass is 9.86. The molecular formula is C14H21ClN2O. The molecule has 1 aromatic rings. The highest BCUT2D eigenvalue weighted by molar-refractivity contribution is 6.30. The van der Waals surface area contributed by atoms with Crippen LogP contribution in [0.4, 0.5) is 0 Å². The number of hydrogen-bond donors (Lipinski definition) is 2. The van der Waals surface area contributed by atoms with Crippen LogP contribution in [0.3, 0.4) is 0 Å². The molecule has 0 heterocycles. The Morgan fingerprint density at radius 1 is 1.28 bits per heavy atom. The highest BCUT2D eigenvalue weighted by atomic mass is 35.5. The first-order valence-electron chi connectivity index (χ1n) is 6.03. The summed E-state index contributed by atoms with van der Waals surface area (Å²) < 4.78 is 0. The largest absolute Gasteiger partial charge is 0.348 e. The van der Waals surface area contributed by atoms with Crippen LogP contribution in [0, 0.1) is 5.41 Å². The Balaban J connectivity index is 2.68. The van der Waals surface area contributed by atoms with Crippen molar-refractivity contribution in [1.29, 1.82) is 0 Å². The monoisotopic (exact) mass is 268 g/mol. The maximum atomic E-state index is 12.0. The zero-order valence-electron chi connectivity index (χ0n) is 11.3. The molecule has 3 N–H and O–H groups in total. The molecule has 1 aromatic carbocycles. The van der Waals surface area contributed by atoms with Gasteiger partial charge in [-0.3, -0.25) is 4.79 Å². The van der Waals surface area contributed by atoms with E-state index in [1.54, 1.807) is 0 Å². The molecular weight excluding hydrogens is 248 g/mol. The van der Waals surface area contributed by atoms with Crippen molar-refractivity contribution in [1.82, 2.24) is 5.32 Å². The lowest BCUT2D eigenvalue weighted by Gasteiger charge is -2.27. The second-order valence-corrected chi connectivity index (χ2v) is 6.06. The van der Waals surface area contributed by atoms with E-state index >= 15 is 0 Å². The third kappa shape index (κ3) is 4.00. The van der Waals surface area contributed by atoms with Gasteiger partial charge in [0, 0.05) is 5.02 Å². The quantitative estimate of drug-likeness (QED) is 0.886. The van der Waals surface area contributed by atoms with Gasteiger partial charge < -0.3 is 11.1 Å². The number of hydrogen-bond acceptors (Lipinski definition) is 2. The van der Waals surface area contributed by atoms with Crippen molar-refractivity contribution in [3.63, 3.8) is 0 Å². The van der Waals surface area contributed by atoms with Crippen LogP contribution in [0.2, 0.25) is 5.02 Å². The summed E-state index contributed by atoms with van der Waals surface area (Å²) in [5.41, 5.74) is 6.67. The standard InChI is InChI=1S/C14H21ClN2O/c1-9(10-5-7-11(15)8-6-10)17-13(18)12(16)14(2,3)4/h5-9,12H,16H2,1-4H3,(H,17,18)/t9?,12-/m0/s1. The van der Waals surface area contributed by atoms with Crippen LogP contribution in [0.15, 0.2) is 24.3 Å². The number of nitrogens with two attached hydrogens (primary N) is 1. The zero-order valence-corrected chi connectivity index (χ0v) is 12.1. The van der Waals surface area contributed by atoms with Crippen molar-refractivity contribution in [3.8, 4) is 0 Å². The third-order valence-electron chi connectivity index (χ3n) is 2.94. The fourth-order valence-electron chi connectivity index (χ4n) is 1.53. The van der Waals surface area contributed by atoms with Crippen LogP contribution in [0.5, 0.6) is 0 Å². The van der Waals surface area contributed by atoms with Gasteiger partial charge in [0.05, 0.1) is 12.1 Å². The third-order valence-corrected chi connectivity index (χ3v) is 3.20. The van der Waals surface area contributed by atoms with Gasteiger partial charge in [-0.1, -0.05) is 44.5 Å². The van der Waals surface area contributed by atoms with E-state index in [2.05, 4.69) is 5.32 Å². The summed E-state index contributed by atoms with van der Waals surface area (Å²) in [5.74, 6) is -0.134. The van der Waals surface area contributed by atoms with E-state index in [0.717, 1.165) is 5.56 Å². The molecule has 0 aliphatic heterocycles. The molecule has 2 atom stereocenters. The molecule has 0 aromatic heterocycles. The van der Waals surface area contributed by atoms with Crippen LogP contribution in [-0.4, -0.2) is 11.9 Å². The molecule has 100 valence electrons. The summed E-state index contributed by atoms with van der Waals surface area (Å²) in [4.78, 5) is 12.0. The smallest absolute Gasteiger partial charge is 0.237 e. The Kier molecular flexibility index (Phi) is 4.77. The van der Waals surface area contributed by atoms with Crippen molar-refractivity contribution in [3.05, 3.63) is 34.9 Å². The molecule has 1 unspecified atom stereocenters. The van der Waals surface area contributed by atoms with Crippen molar-refractivity contribution in [2.24, 2.45) is 11.1 Å². The minimum atomic E-state index is -0.521. The fourth-order valence-corrected chi connectivity index (χ4v) is 1.66. The maximum absolute atomic E-state index is 12.0. The minimum absolute atomic E-state index is 0.0804. The van der Waals surface area contributed by atoms with Gasteiger partial charge in [0.1, 0.15) is 0 Å². The Hall–Kier alpha value is -1.06. The number of benzene rings is 1. The topological polar surface area (TPSA) is 55.1 Å². The predicted molar refractivity (Wildman–Crippen MR) is 75.4 cm³/mol. The Morgan fingerprint density at radius 2 is 1.78 bits per heavy atom. The number of carbonyl (C=O) groups excluding carboxylic acids is 1. The van der Waals surface area contributed by atoms with Gasteiger partial charge in [0.15, 0.2) is 0 Å². The van der Waals surface area contributed by atoms with Gasteiger partial charge in [-0.05, 0) is 30.0 Å². The Morgan fingerprint density at radius 3 is 2.22 bits per heavy atom. The summed E-state index contributed by atoms with van der Waals surface area (Å²) >= 11 is 5.83. The van der Waals surface area contributed by atoms with Crippen LogP contribution < -0.4 is 11.1 Å². The van der Waals surface area contributed by atoms with E-state index in [1.807, 2.05) is 52.0 Å². The zero-order chi connectivity index (χ0) is 13.9. The molecule has 0 spiro atoms. The van der Waals surface area contributed by atoms with Gasteiger partial charge in [-0.2, -0.15) is 0 Å². The van der Waals surface area contributed by atoms with E-state index in [1.165, 1.54) is 0 Å². The van der Waals surface area contributed by atoms with Crippen LogP contribution in [-0.2, 0) is 4.79 Å². The lowest BCUT2D eigenvalue weighted by molar-refractivity contribution is -0.125. The molecule has 18 heavy (non-hydrogen) atoms. The van der Waals surface area contributed by atoms with Gasteiger partial charge >= 0.3 is 0 Å². The maximum Gasteiger partial charge on any atom is 0.237 e. The molecule has 0 bridgehead atoms. The van der Waals surface area contributed by atoms with Crippen molar-refractivity contribution >= 4 is 17.5 Å². The second kappa shape index (κ2) is 5.72. The van der Waals surface area contributed by atoms with Gasteiger partial charge in [-0.15, -0.1) is 0 Å². The summed E-state index contributed by atoms with van der Waals surface area (Å²) in [7, 11) is 0. The Bertz CT molecular complexity index is 409. The summed E-state index contributed by atoms with van der Waals surface area (Å²) in [6.45, 7) is 7.77. The number of rotatable bonds is 3. The minimum Gasteiger partial charge on any atom is -0.348 e. The fraction of sp³-hybridized carbons (Fsp3) is 0.500. The van der Waals surface area contributed by atoms with Crippen molar-refractivity contribution in [2.45, 2.75) is 39.8 Å². The molecule has 0 aliphatic rings. The van der Waals surface area contributed by atoms with E-state index in [9.17, 15) is 4.79 Å². The molecule has 1 amide bonds. The summed E-state index contributed by atoms with van der Waals surface area (Å²) in [5, 5.41) is 3.60. The van der Waals surface area contributed by atoms with Gasteiger partial charge in [0.2, 0.25) is 5.91 Å². The highest BCUT2D eigenvalue weighted by Gasteiger charge is 2.28. The van der Waals surface area contributed by atoms with Gasteiger partial charge in [0.25, 0.3) is 0 Å². The summed E-state index contributed by atoms with van der Waals surface area (Å²) in [6, 6.07) is 6.81. The van der Waals surface area contributed by atoms with E-state index < -0.39 is 6.04 Å². The molecule has 0 radical (unpaired) electrons. The molecule has 4 heteroatoms. The van der Waals surface area contributed by atoms with Gasteiger partial charge in [-0.25, -0.2) is 0 Å². The SMILES string of the molecule is CC(NC(=O)[C@H](N)C(C)(C)C)c1ccc(Cl)cc1. The first-order chi connectivity index (χ1) is 8.21. The molecule has 1 rings (SSSR count). The number of halogens is 1. The molecule has 0 fully saturated rings. The van der Waals surface area contributed by atoms with Crippen LogP contribution >= 0.6 is 11.6 Å². The summed E-state index contributed by atoms with van der Waals surface area (Å²) in [6.07, 6.45) is 0. The number of nitrogens with one attached hydrogen (secondary N) is 1. The average Bonchev–Trinajstić information content (AvgIpc) is 2.27. The van der Waals surface area contributed by atoms with Crippen LogP contribution in [0.1, 0.15) is 39.3 Å². The lowest BCUT2D eigenvalue weighted by Crippen LogP contribution is -2.49. The van der Waals surface area contributed by atoms with Crippen molar-refractivity contribution < 1.29 is 4.79 Å². The molecule has 0 aliphatic carbocycles. The number of amides is 1. The van der Waals surface area contributed by atoms with Crippen molar-refractivity contribution in [2.75, 3.05) is 0 Å². The van der Waals surface area contributed by atoms with Crippen LogP contribution in [0.25, 0.3) is 0 Å². The highest BCUT2D eigenvalue weighted by Crippen LogP contribution is 2.20. The first kappa shape index (κ1) is 15.0. The molecule has 0 saturated carbocycles. The number of carbonyl (C=O) groups is 1. The van der Waals surface area contributed by atoms with E-state index in [-0.39, 0.29) is 17.4 Å². The normalized spacial score (nSPS) is 15.0. The molecule has 0 saturated heterocycles. The second-order valence-electron chi connectivity index (χ2n) is 5.63. The van der Waals surface area contributed by atoms with E-state index in [0.29, 0.717) is 5.02 Å². The Labute approximate surface area is 114 Å². The molecule has 3 nitrogen and oxygen atoms in total. The average molecular weight is 269 g/mol. The predicted octanol–water partition coefficient (Wildman–Crippen LogP) is 2.89. The first-order valence-corrected chi connectivity index (χ1v) is 6.41. The van der Waals surface area contributed by atoms with E-state index in [4.69, 9.17) is 17.3 Å².